The molecule has 0 unspecified atom stereocenters. The smallest absolute Gasteiger partial charge is 0.0568 e. The lowest BCUT2D eigenvalue weighted by molar-refractivity contribution is -0.143. The summed E-state index contributed by atoms with van der Waals surface area (Å²) in [5, 5.41) is 10.6. The Morgan fingerprint density at radius 3 is 2.30 bits per heavy atom. The highest BCUT2D eigenvalue weighted by Gasteiger charge is 2.81. The fourth-order valence-electron chi connectivity index (χ4n) is 11.8. The first-order chi connectivity index (χ1) is 15.4. The predicted octanol–water partition coefficient (Wildman–Crippen LogP) is 8.66. The molecule has 188 valence electrons. The standard InChI is InChI=1S/C32H54O/c1-20(2)24(21(3)4)10-9-22(5)25-13-15-30(8)28-12-11-26-23(6)27(33)14-16-31(26)19-32(28,31)18-17-29(25,30)7/h21-28,33H,1,9-19H2,2-8H3/t22-,23+,24-,25-,26+,27+,28+,29-,30+,31-,32+/m1/s1. The first-order valence-electron chi connectivity index (χ1n) is 14.8. The van der Waals surface area contributed by atoms with E-state index in [0.29, 0.717) is 39.4 Å². The Labute approximate surface area is 205 Å². The largest absolute Gasteiger partial charge is 0.393 e. The van der Waals surface area contributed by atoms with Crippen LogP contribution in [0.15, 0.2) is 12.2 Å². The Kier molecular flexibility index (Phi) is 5.80. The van der Waals surface area contributed by atoms with Crippen molar-refractivity contribution in [3.05, 3.63) is 12.2 Å². The lowest BCUT2D eigenvalue weighted by Gasteiger charge is -2.62. The summed E-state index contributed by atoms with van der Waals surface area (Å²) < 4.78 is 0. The number of aliphatic hydroxyl groups is 1. The number of hydrogen-bond donors (Lipinski definition) is 1. The minimum Gasteiger partial charge on any atom is -0.393 e. The number of rotatable bonds is 6. The van der Waals surface area contributed by atoms with Gasteiger partial charge in [-0.05, 0) is 141 Å². The van der Waals surface area contributed by atoms with E-state index in [1.165, 1.54) is 69.8 Å². The van der Waals surface area contributed by atoms with E-state index >= 15 is 0 Å². The summed E-state index contributed by atoms with van der Waals surface area (Å²) in [6.45, 7) is 21.8. The van der Waals surface area contributed by atoms with Crippen LogP contribution in [0.25, 0.3) is 0 Å². The molecule has 0 saturated heterocycles. The Bertz CT molecular complexity index is 783. The van der Waals surface area contributed by atoms with Crippen LogP contribution >= 0.6 is 0 Å². The van der Waals surface area contributed by atoms with Crippen LogP contribution in [-0.4, -0.2) is 11.2 Å². The van der Waals surface area contributed by atoms with E-state index in [4.69, 9.17) is 0 Å². The van der Waals surface area contributed by atoms with Crippen LogP contribution < -0.4 is 0 Å². The maximum absolute atomic E-state index is 10.6. The molecule has 5 aliphatic carbocycles. The monoisotopic (exact) mass is 454 g/mol. The molecular weight excluding hydrogens is 400 g/mol. The van der Waals surface area contributed by atoms with E-state index in [9.17, 15) is 5.11 Å². The molecule has 1 heteroatoms. The second-order valence-corrected chi connectivity index (χ2v) is 14.9. The van der Waals surface area contributed by atoms with Crippen LogP contribution in [0.5, 0.6) is 0 Å². The van der Waals surface area contributed by atoms with Crippen LogP contribution in [0, 0.1) is 63.1 Å². The highest BCUT2D eigenvalue weighted by atomic mass is 16.3. The van der Waals surface area contributed by atoms with Gasteiger partial charge in [0, 0.05) is 0 Å². The van der Waals surface area contributed by atoms with Gasteiger partial charge in [-0.3, -0.25) is 0 Å². The van der Waals surface area contributed by atoms with Crippen LogP contribution in [0.4, 0.5) is 0 Å². The summed E-state index contributed by atoms with van der Waals surface area (Å²) in [5.74, 6) is 5.41. The molecule has 5 rings (SSSR count). The van der Waals surface area contributed by atoms with Crippen LogP contribution in [0.2, 0.25) is 0 Å². The van der Waals surface area contributed by atoms with Crippen LogP contribution in [0.3, 0.4) is 0 Å². The van der Waals surface area contributed by atoms with Gasteiger partial charge in [0.15, 0.2) is 0 Å². The van der Waals surface area contributed by atoms with Gasteiger partial charge in [0.2, 0.25) is 0 Å². The second-order valence-electron chi connectivity index (χ2n) is 14.9. The Morgan fingerprint density at radius 2 is 1.64 bits per heavy atom. The molecule has 11 atom stereocenters. The zero-order chi connectivity index (χ0) is 24.0. The summed E-state index contributed by atoms with van der Waals surface area (Å²) >= 11 is 0. The van der Waals surface area contributed by atoms with E-state index in [0.717, 1.165) is 30.1 Å². The van der Waals surface area contributed by atoms with Crippen LogP contribution in [-0.2, 0) is 0 Å². The molecule has 0 aromatic heterocycles. The number of allylic oxidation sites excluding steroid dienone is 1. The molecule has 33 heavy (non-hydrogen) atoms. The normalized spacial score (nSPS) is 52.3. The average Bonchev–Trinajstić information content (AvgIpc) is 3.33. The maximum Gasteiger partial charge on any atom is 0.0568 e. The Balaban J connectivity index is 1.35. The number of aliphatic hydroxyl groups excluding tert-OH is 1. The van der Waals surface area contributed by atoms with Gasteiger partial charge in [-0.15, -0.1) is 0 Å². The summed E-state index contributed by atoms with van der Waals surface area (Å²) in [6.07, 6.45) is 15.3. The van der Waals surface area contributed by atoms with Crippen molar-refractivity contribution < 1.29 is 5.11 Å². The molecule has 5 aliphatic rings. The summed E-state index contributed by atoms with van der Waals surface area (Å²) in [5.41, 5.74) is 3.69. The highest BCUT2D eigenvalue weighted by Crippen LogP contribution is 2.88. The molecule has 0 aromatic carbocycles. The van der Waals surface area contributed by atoms with Gasteiger partial charge in [0.05, 0.1) is 6.10 Å². The van der Waals surface area contributed by atoms with Gasteiger partial charge in [-0.2, -0.15) is 0 Å². The third-order valence-corrected chi connectivity index (χ3v) is 13.8. The molecule has 0 radical (unpaired) electrons. The van der Waals surface area contributed by atoms with Gasteiger partial charge in [0.1, 0.15) is 0 Å². The number of fused-ring (bicyclic) bond motifs is 2. The van der Waals surface area contributed by atoms with Crippen molar-refractivity contribution in [1.82, 2.24) is 0 Å². The van der Waals surface area contributed by atoms with E-state index in [1.54, 1.807) is 0 Å². The molecule has 1 N–H and O–H groups in total. The van der Waals surface area contributed by atoms with E-state index in [1.807, 2.05) is 0 Å². The SMILES string of the molecule is C=C(C)[C@@H](CC[C@@H](C)[C@H]1CC[C@@]2(C)[C@@H]3CC[C@H]4[C@H](C)[C@@H](O)CC[C@@]45C[C@@]35CC[C@]12C)C(C)C. The molecule has 0 amide bonds. The zero-order valence-corrected chi connectivity index (χ0v) is 23.1. The number of hydrogen-bond acceptors (Lipinski definition) is 1. The van der Waals surface area contributed by atoms with Crippen molar-refractivity contribution in [2.45, 2.75) is 125 Å². The average molecular weight is 455 g/mol. The van der Waals surface area contributed by atoms with Gasteiger partial charge in [-0.1, -0.05) is 53.7 Å². The fraction of sp³-hybridized carbons (Fsp3) is 0.938. The third-order valence-electron chi connectivity index (χ3n) is 13.8. The third kappa shape index (κ3) is 3.12. The molecule has 2 spiro atoms. The van der Waals surface area contributed by atoms with Gasteiger partial charge < -0.3 is 5.11 Å². The van der Waals surface area contributed by atoms with Crippen molar-refractivity contribution in [3.8, 4) is 0 Å². The second kappa shape index (κ2) is 7.85. The first kappa shape index (κ1) is 24.4. The molecule has 0 aliphatic heterocycles. The molecule has 0 bridgehead atoms. The highest BCUT2D eigenvalue weighted by molar-refractivity contribution is 5.29. The van der Waals surface area contributed by atoms with Crippen molar-refractivity contribution >= 4 is 0 Å². The zero-order valence-electron chi connectivity index (χ0n) is 23.1. The molecule has 1 nitrogen and oxygen atoms in total. The van der Waals surface area contributed by atoms with Crippen molar-refractivity contribution in [2.75, 3.05) is 0 Å². The maximum atomic E-state index is 10.6. The van der Waals surface area contributed by atoms with Gasteiger partial charge in [0.25, 0.3) is 0 Å². The van der Waals surface area contributed by atoms with Crippen molar-refractivity contribution in [2.24, 2.45) is 63.1 Å². The predicted molar refractivity (Wildman–Crippen MR) is 140 cm³/mol. The minimum atomic E-state index is -0.0372. The first-order valence-corrected chi connectivity index (χ1v) is 14.8. The molecule has 0 aromatic rings. The molecule has 0 heterocycles. The fourth-order valence-corrected chi connectivity index (χ4v) is 11.8. The van der Waals surface area contributed by atoms with Crippen LogP contribution in [0.1, 0.15) is 119 Å². The van der Waals surface area contributed by atoms with Crippen molar-refractivity contribution in [1.29, 1.82) is 0 Å². The quantitative estimate of drug-likeness (QED) is 0.398. The lowest BCUT2D eigenvalue weighted by atomic mass is 9.43. The van der Waals surface area contributed by atoms with E-state index < -0.39 is 0 Å². The minimum absolute atomic E-state index is 0.0372. The molecule has 5 fully saturated rings. The molecular formula is C32H54O. The summed E-state index contributed by atoms with van der Waals surface area (Å²) in [6, 6.07) is 0. The summed E-state index contributed by atoms with van der Waals surface area (Å²) in [4.78, 5) is 0. The Morgan fingerprint density at radius 1 is 0.909 bits per heavy atom. The lowest BCUT2D eigenvalue weighted by Crippen LogP contribution is -2.55. The van der Waals surface area contributed by atoms with Crippen molar-refractivity contribution in [3.63, 3.8) is 0 Å². The topological polar surface area (TPSA) is 20.2 Å². The van der Waals surface area contributed by atoms with Gasteiger partial charge in [-0.25, -0.2) is 0 Å². The van der Waals surface area contributed by atoms with E-state index in [-0.39, 0.29) is 6.10 Å². The summed E-state index contributed by atoms with van der Waals surface area (Å²) in [7, 11) is 0. The van der Waals surface area contributed by atoms with E-state index in [2.05, 4.69) is 55.0 Å². The molecule has 5 saturated carbocycles. The Hall–Kier alpha value is -0.300. The van der Waals surface area contributed by atoms with Gasteiger partial charge >= 0.3 is 0 Å².